The molecule has 2 aliphatic rings. The summed E-state index contributed by atoms with van der Waals surface area (Å²) in [5.74, 6) is 0.745. The fourth-order valence-corrected chi connectivity index (χ4v) is 3.90. The molecule has 0 aliphatic carbocycles. The lowest BCUT2D eigenvalue weighted by Crippen LogP contribution is -2.42. The Morgan fingerprint density at radius 2 is 1.85 bits per heavy atom. The van der Waals surface area contributed by atoms with Crippen LogP contribution in [0, 0.1) is 18.8 Å². The Labute approximate surface area is 162 Å². The molecule has 0 bridgehead atoms. The van der Waals surface area contributed by atoms with Gasteiger partial charge in [-0.3, -0.25) is 9.59 Å². The van der Waals surface area contributed by atoms with Gasteiger partial charge in [-0.1, -0.05) is 17.7 Å². The first kappa shape index (κ1) is 20.7. The van der Waals surface area contributed by atoms with Crippen molar-refractivity contribution in [3.8, 4) is 0 Å². The fraction of sp³-hybridized carbons (Fsp3) is 0.600. The number of nitrogens with one attached hydrogen (secondary N) is 1. The van der Waals surface area contributed by atoms with Gasteiger partial charge in [0.1, 0.15) is 0 Å². The topological polar surface area (TPSA) is 52.7 Å². The van der Waals surface area contributed by atoms with Crippen LogP contribution in [0.3, 0.4) is 0 Å². The van der Waals surface area contributed by atoms with Gasteiger partial charge >= 0.3 is 0 Å². The third-order valence-corrected chi connectivity index (χ3v) is 5.55. The van der Waals surface area contributed by atoms with Crippen molar-refractivity contribution < 1.29 is 9.59 Å². The van der Waals surface area contributed by atoms with E-state index in [4.69, 9.17) is 0 Å². The summed E-state index contributed by atoms with van der Waals surface area (Å²) in [5, 5.41) is 3.20. The lowest BCUT2D eigenvalue weighted by atomic mass is 9.92. The molecule has 26 heavy (non-hydrogen) atoms. The van der Waals surface area contributed by atoms with Crippen molar-refractivity contribution in [3.05, 3.63) is 29.8 Å². The molecule has 3 rings (SSSR count). The van der Waals surface area contributed by atoms with Gasteiger partial charge in [0, 0.05) is 31.7 Å². The summed E-state index contributed by atoms with van der Waals surface area (Å²) in [6.45, 7) is 5.26. The molecule has 5 nitrogen and oxygen atoms in total. The largest absolute Gasteiger partial charge is 0.342 e. The maximum Gasteiger partial charge on any atom is 0.228 e. The van der Waals surface area contributed by atoms with Crippen molar-refractivity contribution >= 4 is 29.9 Å². The normalized spacial score (nSPS) is 21.0. The number of amides is 2. The van der Waals surface area contributed by atoms with Gasteiger partial charge in [-0.15, -0.1) is 12.4 Å². The molecule has 1 atom stereocenters. The fourth-order valence-electron chi connectivity index (χ4n) is 3.90. The van der Waals surface area contributed by atoms with E-state index >= 15 is 0 Å². The number of carbonyl (C=O) groups excluding carboxylic acids is 2. The Balaban J connectivity index is 0.00000243. The van der Waals surface area contributed by atoms with E-state index in [0.29, 0.717) is 18.9 Å². The molecule has 0 radical (unpaired) electrons. The highest BCUT2D eigenvalue weighted by atomic mass is 35.5. The number of nitrogens with zero attached hydrogens (tertiary/aromatic N) is 2. The highest BCUT2D eigenvalue weighted by Crippen LogP contribution is 2.28. The second-order valence-corrected chi connectivity index (χ2v) is 7.40. The number of piperidine rings is 1. The van der Waals surface area contributed by atoms with Gasteiger partial charge < -0.3 is 15.1 Å². The third-order valence-electron chi connectivity index (χ3n) is 5.55. The number of anilines is 1. The van der Waals surface area contributed by atoms with Crippen molar-refractivity contribution in [2.24, 2.45) is 11.8 Å². The molecule has 2 saturated heterocycles. The molecule has 1 unspecified atom stereocenters. The Kier molecular flexibility index (Phi) is 7.47. The van der Waals surface area contributed by atoms with E-state index in [1.807, 2.05) is 43.1 Å². The number of hydrogen-bond donors (Lipinski definition) is 1. The summed E-state index contributed by atoms with van der Waals surface area (Å²) >= 11 is 0. The van der Waals surface area contributed by atoms with Gasteiger partial charge in [-0.05, 0) is 57.8 Å². The maximum atomic E-state index is 12.8. The summed E-state index contributed by atoms with van der Waals surface area (Å²) in [5.41, 5.74) is 2.07. The second kappa shape index (κ2) is 9.38. The van der Waals surface area contributed by atoms with E-state index < -0.39 is 0 Å². The van der Waals surface area contributed by atoms with Gasteiger partial charge in [0.25, 0.3) is 0 Å². The molecule has 0 spiro atoms. The quantitative estimate of drug-likeness (QED) is 0.855. The van der Waals surface area contributed by atoms with Crippen LogP contribution < -0.4 is 10.2 Å². The van der Waals surface area contributed by atoms with Crippen LogP contribution in [0.15, 0.2) is 24.3 Å². The van der Waals surface area contributed by atoms with E-state index in [1.54, 1.807) is 4.90 Å². The van der Waals surface area contributed by atoms with Gasteiger partial charge in [0.05, 0.1) is 5.92 Å². The van der Waals surface area contributed by atoms with Crippen LogP contribution in [-0.2, 0) is 9.59 Å². The van der Waals surface area contributed by atoms with Crippen LogP contribution >= 0.6 is 12.4 Å². The van der Waals surface area contributed by atoms with Crippen LogP contribution in [0.4, 0.5) is 5.69 Å². The summed E-state index contributed by atoms with van der Waals surface area (Å²) in [6, 6.07) is 7.95. The SMILES string of the molecule is CNCCC1CCN(C(=O)C2CC(=O)N(c3ccc(C)cc3)C2)CC1.Cl. The molecule has 0 saturated carbocycles. The van der Waals surface area contributed by atoms with Crippen molar-refractivity contribution in [1.29, 1.82) is 0 Å². The minimum Gasteiger partial charge on any atom is -0.342 e. The summed E-state index contributed by atoms with van der Waals surface area (Å²) in [7, 11) is 1.98. The summed E-state index contributed by atoms with van der Waals surface area (Å²) < 4.78 is 0. The molecule has 144 valence electrons. The number of halogens is 1. The van der Waals surface area contributed by atoms with Gasteiger partial charge in [-0.25, -0.2) is 0 Å². The lowest BCUT2D eigenvalue weighted by Gasteiger charge is -2.33. The number of aryl methyl sites for hydroxylation is 1. The van der Waals surface area contributed by atoms with E-state index in [-0.39, 0.29) is 30.1 Å². The molecule has 1 N–H and O–H groups in total. The van der Waals surface area contributed by atoms with Gasteiger partial charge in [0.2, 0.25) is 11.8 Å². The first-order chi connectivity index (χ1) is 12.1. The van der Waals surface area contributed by atoms with Crippen LogP contribution in [0.2, 0.25) is 0 Å². The molecule has 2 aliphatic heterocycles. The van der Waals surface area contributed by atoms with E-state index in [1.165, 1.54) is 12.0 Å². The predicted molar refractivity (Wildman–Crippen MR) is 107 cm³/mol. The number of rotatable bonds is 5. The van der Waals surface area contributed by atoms with E-state index in [9.17, 15) is 9.59 Å². The van der Waals surface area contributed by atoms with Crippen molar-refractivity contribution in [2.75, 3.05) is 38.1 Å². The zero-order valence-corrected chi connectivity index (χ0v) is 16.6. The highest BCUT2D eigenvalue weighted by Gasteiger charge is 2.37. The smallest absolute Gasteiger partial charge is 0.228 e. The molecule has 1 aromatic rings. The molecule has 0 aromatic heterocycles. The predicted octanol–water partition coefficient (Wildman–Crippen LogP) is 2.62. The van der Waals surface area contributed by atoms with Crippen LogP contribution in [0.5, 0.6) is 0 Å². The number of carbonyl (C=O) groups is 2. The Bertz CT molecular complexity index is 612. The third kappa shape index (κ3) is 4.77. The first-order valence-corrected chi connectivity index (χ1v) is 9.39. The van der Waals surface area contributed by atoms with Crippen LogP contribution in [-0.4, -0.2) is 49.9 Å². The first-order valence-electron chi connectivity index (χ1n) is 9.39. The average molecular weight is 380 g/mol. The Morgan fingerprint density at radius 3 is 2.46 bits per heavy atom. The average Bonchev–Trinajstić information content (AvgIpc) is 3.02. The minimum absolute atomic E-state index is 0. The Morgan fingerprint density at radius 1 is 1.19 bits per heavy atom. The molecule has 6 heteroatoms. The van der Waals surface area contributed by atoms with Crippen LogP contribution in [0.25, 0.3) is 0 Å². The number of benzene rings is 1. The lowest BCUT2D eigenvalue weighted by molar-refractivity contribution is -0.137. The number of likely N-dealkylation sites (tertiary alicyclic amines) is 1. The standard InChI is InChI=1S/C20H29N3O2.ClH/c1-15-3-5-18(6-4-15)23-14-17(13-19(23)24)20(25)22-11-8-16(9-12-22)7-10-21-2;/h3-6,16-17,21H,7-14H2,1-2H3;1H. The molecule has 2 heterocycles. The van der Waals surface area contributed by atoms with Gasteiger partial charge in [0.15, 0.2) is 0 Å². The zero-order valence-electron chi connectivity index (χ0n) is 15.7. The van der Waals surface area contributed by atoms with E-state index in [0.717, 1.165) is 38.2 Å². The maximum absolute atomic E-state index is 12.8. The van der Waals surface area contributed by atoms with Crippen LogP contribution in [0.1, 0.15) is 31.2 Å². The van der Waals surface area contributed by atoms with Crippen molar-refractivity contribution in [3.63, 3.8) is 0 Å². The molecular weight excluding hydrogens is 350 g/mol. The monoisotopic (exact) mass is 379 g/mol. The van der Waals surface area contributed by atoms with Gasteiger partial charge in [-0.2, -0.15) is 0 Å². The number of hydrogen-bond acceptors (Lipinski definition) is 3. The second-order valence-electron chi connectivity index (χ2n) is 7.40. The highest BCUT2D eigenvalue weighted by molar-refractivity contribution is 6.00. The van der Waals surface area contributed by atoms with Crippen molar-refractivity contribution in [1.82, 2.24) is 10.2 Å². The van der Waals surface area contributed by atoms with Crippen molar-refractivity contribution in [2.45, 2.75) is 32.6 Å². The minimum atomic E-state index is -0.192. The molecular formula is C20H30ClN3O2. The molecule has 2 fully saturated rings. The Hall–Kier alpha value is -1.59. The summed E-state index contributed by atoms with van der Waals surface area (Å²) in [6.07, 6.45) is 3.68. The van der Waals surface area contributed by atoms with E-state index in [2.05, 4.69) is 5.32 Å². The molecule has 2 amide bonds. The molecule has 1 aromatic carbocycles. The summed E-state index contributed by atoms with van der Waals surface area (Å²) in [4.78, 5) is 29.0. The zero-order chi connectivity index (χ0) is 17.8.